The van der Waals surface area contributed by atoms with E-state index in [-0.39, 0.29) is 10.9 Å². The topological polar surface area (TPSA) is 34.1 Å². The summed E-state index contributed by atoms with van der Waals surface area (Å²) in [7, 11) is 0. The first kappa shape index (κ1) is 15.4. The lowest BCUT2D eigenvalue weighted by Crippen LogP contribution is -2.28. The second kappa shape index (κ2) is 6.63. The van der Waals surface area contributed by atoms with Crippen LogP contribution in [-0.2, 0) is 6.18 Å². The smallest absolute Gasteiger partial charge is 0.417 e. The standard InChI is InChI=1S/C13H16ClF3N2O/c14-11-7-10(13(15,16)17)8-19-12(11)20-6-3-9-1-4-18-5-2-9/h7-9,18H,1-6H2. The summed E-state index contributed by atoms with van der Waals surface area (Å²) >= 11 is 5.76. The molecule has 0 radical (unpaired) electrons. The Labute approximate surface area is 120 Å². The number of halogens is 4. The zero-order valence-corrected chi connectivity index (χ0v) is 11.6. The van der Waals surface area contributed by atoms with Crippen molar-refractivity contribution in [1.29, 1.82) is 0 Å². The number of hydrogen-bond donors (Lipinski definition) is 1. The molecule has 0 saturated carbocycles. The van der Waals surface area contributed by atoms with Gasteiger partial charge in [-0.05, 0) is 44.3 Å². The van der Waals surface area contributed by atoms with Gasteiger partial charge in [0.25, 0.3) is 0 Å². The molecule has 0 spiro atoms. The second-order valence-electron chi connectivity index (χ2n) is 4.84. The molecule has 1 aliphatic heterocycles. The highest BCUT2D eigenvalue weighted by molar-refractivity contribution is 6.31. The summed E-state index contributed by atoms with van der Waals surface area (Å²) < 4.78 is 42.7. The first-order valence-corrected chi connectivity index (χ1v) is 6.91. The van der Waals surface area contributed by atoms with Gasteiger partial charge in [0.1, 0.15) is 5.02 Å². The Hall–Kier alpha value is -1.01. The Bertz CT molecular complexity index is 448. The highest BCUT2D eigenvalue weighted by atomic mass is 35.5. The minimum Gasteiger partial charge on any atom is -0.477 e. The van der Waals surface area contributed by atoms with Gasteiger partial charge >= 0.3 is 6.18 Å². The van der Waals surface area contributed by atoms with Gasteiger partial charge in [0.05, 0.1) is 12.2 Å². The van der Waals surface area contributed by atoms with Crippen molar-refractivity contribution in [2.75, 3.05) is 19.7 Å². The lowest BCUT2D eigenvalue weighted by Gasteiger charge is -2.22. The van der Waals surface area contributed by atoms with E-state index < -0.39 is 11.7 Å². The van der Waals surface area contributed by atoms with Crippen molar-refractivity contribution >= 4 is 11.6 Å². The van der Waals surface area contributed by atoms with Gasteiger partial charge < -0.3 is 10.1 Å². The maximum atomic E-state index is 12.4. The molecule has 1 aliphatic rings. The number of alkyl halides is 3. The summed E-state index contributed by atoms with van der Waals surface area (Å²) in [5, 5.41) is 3.17. The largest absolute Gasteiger partial charge is 0.477 e. The molecule has 0 aliphatic carbocycles. The summed E-state index contributed by atoms with van der Waals surface area (Å²) in [5.74, 6) is 0.651. The molecule has 0 aromatic carbocycles. The number of piperidine rings is 1. The van der Waals surface area contributed by atoms with Crippen LogP contribution in [-0.4, -0.2) is 24.7 Å². The van der Waals surface area contributed by atoms with Crippen molar-refractivity contribution in [3.63, 3.8) is 0 Å². The number of rotatable bonds is 4. The van der Waals surface area contributed by atoms with Crippen molar-refractivity contribution < 1.29 is 17.9 Å². The molecule has 0 amide bonds. The third kappa shape index (κ3) is 4.24. The predicted octanol–water partition coefficient (Wildman–Crippen LogP) is 3.52. The monoisotopic (exact) mass is 308 g/mol. The van der Waals surface area contributed by atoms with Crippen LogP contribution in [0.15, 0.2) is 12.3 Å². The van der Waals surface area contributed by atoms with Crippen LogP contribution in [0.3, 0.4) is 0 Å². The van der Waals surface area contributed by atoms with E-state index in [1.807, 2.05) is 0 Å². The Morgan fingerprint density at radius 2 is 2.05 bits per heavy atom. The highest BCUT2D eigenvalue weighted by Gasteiger charge is 2.31. The molecule has 2 rings (SSSR count). The summed E-state index contributed by atoms with van der Waals surface area (Å²) in [6.07, 6.45) is -0.647. The van der Waals surface area contributed by atoms with Crippen LogP contribution < -0.4 is 10.1 Å². The van der Waals surface area contributed by atoms with Crippen LogP contribution in [0.2, 0.25) is 5.02 Å². The quantitative estimate of drug-likeness (QED) is 0.924. The fourth-order valence-corrected chi connectivity index (χ4v) is 2.40. The average Bonchev–Trinajstić information content (AvgIpc) is 2.40. The third-order valence-corrected chi connectivity index (χ3v) is 3.63. The van der Waals surface area contributed by atoms with E-state index in [0.717, 1.165) is 44.6 Å². The Morgan fingerprint density at radius 1 is 1.35 bits per heavy atom. The molecule has 1 fully saturated rings. The number of nitrogens with one attached hydrogen (secondary N) is 1. The zero-order valence-electron chi connectivity index (χ0n) is 10.8. The van der Waals surface area contributed by atoms with E-state index in [2.05, 4.69) is 10.3 Å². The van der Waals surface area contributed by atoms with E-state index in [1.54, 1.807) is 0 Å². The van der Waals surface area contributed by atoms with Crippen LogP contribution in [0.4, 0.5) is 13.2 Å². The van der Waals surface area contributed by atoms with Gasteiger partial charge in [-0.25, -0.2) is 4.98 Å². The van der Waals surface area contributed by atoms with E-state index >= 15 is 0 Å². The SMILES string of the molecule is FC(F)(F)c1cnc(OCCC2CCNCC2)c(Cl)c1. The Morgan fingerprint density at radius 3 is 2.65 bits per heavy atom. The average molecular weight is 309 g/mol. The maximum absolute atomic E-state index is 12.4. The molecular weight excluding hydrogens is 293 g/mol. The molecule has 20 heavy (non-hydrogen) atoms. The third-order valence-electron chi connectivity index (χ3n) is 3.36. The van der Waals surface area contributed by atoms with Crippen LogP contribution in [0.1, 0.15) is 24.8 Å². The van der Waals surface area contributed by atoms with Gasteiger partial charge in [0.2, 0.25) is 5.88 Å². The Balaban J connectivity index is 1.86. The molecular formula is C13H16ClF3N2O. The van der Waals surface area contributed by atoms with Gasteiger partial charge in [-0.1, -0.05) is 11.6 Å². The second-order valence-corrected chi connectivity index (χ2v) is 5.25. The van der Waals surface area contributed by atoms with E-state index in [9.17, 15) is 13.2 Å². The normalized spacial score (nSPS) is 17.2. The summed E-state index contributed by atoms with van der Waals surface area (Å²) in [6.45, 7) is 2.43. The first-order valence-electron chi connectivity index (χ1n) is 6.53. The lowest BCUT2D eigenvalue weighted by atomic mass is 9.95. The predicted molar refractivity (Wildman–Crippen MR) is 70.0 cm³/mol. The Kier molecular flexibility index (Phi) is 5.10. The van der Waals surface area contributed by atoms with Crippen LogP contribution in [0.25, 0.3) is 0 Å². The molecule has 0 unspecified atom stereocenters. The minimum atomic E-state index is -4.44. The molecule has 1 aromatic heterocycles. The van der Waals surface area contributed by atoms with Crippen LogP contribution >= 0.6 is 11.6 Å². The lowest BCUT2D eigenvalue weighted by molar-refractivity contribution is -0.137. The van der Waals surface area contributed by atoms with Crippen molar-refractivity contribution in [2.45, 2.75) is 25.4 Å². The van der Waals surface area contributed by atoms with Gasteiger partial charge in [0, 0.05) is 6.20 Å². The molecule has 0 bridgehead atoms. The molecule has 1 aromatic rings. The number of aromatic nitrogens is 1. The van der Waals surface area contributed by atoms with Gasteiger partial charge in [0.15, 0.2) is 0 Å². The van der Waals surface area contributed by atoms with E-state index in [0.29, 0.717) is 12.5 Å². The summed E-state index contributed by atoms with van der Waals surface area (Å²) in [4.78, 5) is 3.64. The van der Waals surface area contributed by atoms with Crippen molar-refractivity contribution in [3.05, 3.63) is 22.8 Å². The van der Waals surface area contributed by atoms with Crippen molar-refractivity contribution in [3.8, 4) is 5.88 Å². The number of pyridine rings is 1. The molecule has 1 saturated heterocycles. The fourth-order valence-electron chi connectivity index (χ4n) is 2.18. The van der Waals surface area contributed by atoms with Gasteiger partial charge in [-0.2, -0.15) is 13.2 Å². The molecule has 1 N–H and O–H groups in total. The number of hydrogen-bond acceptors (Lipinski definition) is 3. The van der Waals surface area contributed by atoms with Gasteiger partial charge in [-0.3, -0.25) is 0 Å². The van der Waals surface area contributed by atoms with Crippen LogP contribution in [0, 0.1) is 5.92 Å². The van der Waals surface area contributed by atoms with Crippen molar-refractivity contribution in [1.82, 2.24) is 10.3 Å². The number of nitrogens with zero attached hydrogens (tertiary/aromatic N) is 1. The molecule has 3 nitrogen and oxygen atoms in total. The van der Waals surface area contributed by atoms with E-state index in [1.165, 1.54) is 0 Å². The summed E-state index contributed by atoms with van der Waals surface area (Å²) in [5.41, 5.74) is -0.867. The maximum Gasteiger partial charge on any atom is 0.417 e. The minimum absolute atomic E-state index is 0.0635. The van der Waals surface area contributed by atoms with Crippen molar-refractivity contribution in [2.24, 2.45) is 5.92 Å². The van der Waals surface area contributed by atoms with E-state index in [4.69, 9.17) is 16.3 Å². The van der Waals surface area contributed by atoms with Crippen LogP contribution in [0.5, 0.6) is 5.88 Å². The highest BCUT2D eigenvalue weighted by Crippen LogP contribution is 2.33. The molecule has 2 heterocycles. The van der Waals surface area contributed by atoms with Gasteiger partial charge in [-0.15, -0.1) is 0 Å². The molecule has 0 atom stereocenters. The zero-order chi connectivity index (χ0) is 14.6. The summed E-state index contributed by atoms with van der Waals surface area (Å²) in [6, 6.07) is 0.842. The molecule has 7 heteroatoms. The fraction of sp³-hybridized carbons (Fsp3) is 0.615. The number of ether oxygens (including phenoxy) is 1. The first-order chi connectivity index (χ1) is 9.47. The molecule has 112 valence electrons.